The summed E-state index contributed by atoms with van der Waals surface area (Å²) in [6.07, 6.45) is 3.62. The van der Waals surface area contributed by atoms with Crippen molar-refractivity contribution in [3.05, 3.63) is 132 Å². The summed E-state index contributed by atoms with van der Waals surface area (Å²) in [5, 5.41) is 3.06. The van der Waals surface area contributed by atoms with E-state index in [1.165, 1.54) is 0 Å². The zero-order valence-electron chi connectivity index (χ0n) is 21.2. The quantitative estimate of drug-likeness (QED) is 0.375. The second-order valence-corrected chi connectivity index (χ2v) is 10.3. The first-order valence-electron chi connectivity index (χ1n) is 13.0. The normalized spacial score (nSPS) is 24.4. The molecule has 3 aromatic carbocycles. The molecule has 4 atom stereocenters. The maximum atomic E-state index is 14.6. The van der Waals surface area contributed by atoms with Crippen LogP contribution in [0.25, 0.3) is 5.57 Å². The molecule has 1 fully saturated rings. The Labute approximate surface area is 226 Å². The molecule has 0 unspecified atom stereocenters. The number of carbonyl (C=O) groups is 3. The van der Waals surface area contributed by atoms with E-state index < -0.39 is 23.4 Å². The van der Waals surface area contributed by atoms with Crippen LogP contribution in [-0.2, 0) is 10.2 Å². The molecule has 0 bridgehead atoms. The highest BCUT2D eigenvalue weighted by molar-refractivity contribution is 6.18. The van der Waals surface area contributed by atoms with Gasteiger partial charge in [-0.3, -0.25) is 19.4 Å². The van der Waals surface area contributed by atoms with Gasteiger partial charge in [0.1, 0.15) is 17.2 Å². The van der Waals surface area contributed by atoms with Crippen molar-refractivity contribution in [1.29, 1.82) is 0 Å². The van der Waals surface area contributed by atoms with Crippen molar-refractivity contribution < 1.29 is 14.4 Å². The highest BCUT2D eigenvalue weighted by atomic mass is 16.2. The van der Waals surface area contributed by atoms with E-state index in [1.807, 2.05) is 78.6 Å². The average Bonchev–Trinajstić information content (AvgIpc) is 3.45. The average molecular weight is 512 g/mol. The molecule has 0 saturated carbocycles. The van der Waals surface area contributed by atoms with Crippen LogP contribution in [0.15, 0.2) is 109 Å². The monoisotopic (exact) mass is 511 g/mol. The number of fused-ring (bicyclic) bond motifs is 6. The van der Waals surface area contributed by atoms with E-state index in [4.69, 9.17) is 0 Å². The van der Waals surface area contributed by atoms with E-state index in [1.54, 1.807) is 36.5 Å². The maximum absolute atomic E-state index is 14.6. The van der Waals surface area contributed by atoms with Gasteiger partial charge in [-0.2, -0.15) is 0 Å². The standard InChI is InChI=1S/C33H25N3O3/c1-20-19-27-33(23-14-6-7-15-24(23)35-32(33)39)28(31(38)25-16-9-10-18-34-25)29(30(37)21-11-3-2-4-12-21)36(27)26-17-8-5-13-22(20)26/h2-19,27-29H,1H3,(H,35,39)/t27-,28+,29-,33+/m0/s1. The molecule has 4 heterocycles. The topological polar surface area (TPSA) is 79.4 Å². The van der Waals surface area contributed by atoms with Gasteiger partial charge in [0.15, 0.2) is 11.6 Å². The van der Waals surface area contributed by atoms with E-state index in [0.29, 0.717) is 11.3 Å². The number of hydrogen-bond donors (Lipinski definition) is 1. The van der Waals surface area contributed by atoms with Gasteiger partial charge in [0.25, 0.3) is 0 Å². The fraction of sp³-hybridized carbons (Fsp3) is 0.152. The molecule has 1 spiro atoms. The zero-order valence-corrected chi connectivity index (χ0v) is 21.2. The van der Waals surface area contributed by atoms with Crippen LogP contribution in [0.1, 0.15) is 38.9 Å². The molecule has 3 aliphatic heterocycles. The number of para-hydroxylation sites is 2. The van der Waals surface area contributed by atoms with Gasteiger partial charge in [-0.15, -0.1) is 0 Å². The number of allylic oxidation sites excluding steroid dienone is 1. The van der Waals surface area contributed by atoms with E-state index in [9.17, 15) is 14.4 Å². The summed E-state index contributed by atoms with van der Waals surface area (Å²) in [5.74, 6) is -1.83. The number of benzene rings is 3. The van der Waals surface area contributed by atoms with Crippen LogP contribution in [0.5, 0.6) is 0 Å². The van der Waals surface area contributed by atoms with Gasteiger partial charge in [0.2, 0.25) is 5.91 Å². The third kappa shape index (κ3) is 3.15. The molecule has 0 aliphatic carbocycles. The Balaban J connectivity index is 1.57. The molecule has 1 amide bonds. The lowest BCUT2D eigenvalue weighted by atomic mass is 9.64. The van der Waals surface area contributed by atoms with E-state index in [-0.39, 0.29) is 23.2 Å². The van der Waals surface area contributed by atoms with Gasteiger partial charge in [-0.1, -0.05) is 78.9 Å². The Morgan fingerprint density at radius 2 is 1.56 bits per heavy atom. The second-order valence-electron chi connectivity index (χ2n) is 10.3. The van der Waals surface area contributed by atoms with E-state index >= 15 is 0 Å². The summed E-state index contributed by atoms with van der Waals surface area (Å²) in [4.78, 5) is 49.9. The predicted molar refractivity (Wildman–Crippen MR) is 150 cm³/mol. The number of hydrogen-bond acceptors (Lipinski definition) is 5. The van der Waals surface area contributed by atoms with Gasteiger partial charge in [-0.25, -0.2) is 0 Å². The number of anilines is 2. The van der Waals surface area contributed by atoms with Gasteiger partial charge in [-0.05, 0) is 42.3 Å². The molecule has 190 valence electrons. The molecular formula is C33H25N3O3. The highest BCUT2D eigenvalue weighted by Crippen LogP contribution is 2.58. The molecule has 7 rings (SSSR count). The fourth-order valence-corrected chi connectivity index (χ4v) is 6.83. The number of nitrogens with one attached hydrogen (secondary N) is 1. The summed E-state index contributed by atoms with van der Waals surface area (Å²) < 4.78 is 0. The molecule has 1 N–H and O–H groups in total. The minimum absolute atomic E-state index is 0.202. The van der Waals surface area contributed by atoms with Crippen LogP contribution >= 0.6 is 0 Å². The first kappa shape index (κ1) is 23.3. The van der Waals surface area contributed by atoms with Crippen LogP contribution in [0.4, 0.5) is 11.4 Å². The summed E-state index contributed by atoms with van der Waals surface area (Å²) >= 11 is 0. The summed E-state index contributed by atoms with van der Waals surface area (Å²) in [7, 11) is 0. The van der Waals surface area contributed by atoms with Crippen LogP contribution in [-0.4, -0.2) is 34.5 Å². The van der Waals surface area contributed by atoms with E-state index in [0.717, 1.165) is 22.4 Å². The minimum Gasteiger partial charge on any atom is -0.352 e. The van der Waals surface area contributed by atoms with Crippen LogP contribution in [0.2, 0.25) is 0 Å². The summed E-state index contributed by atoms with van der Waals surface area (Å²) in [6.45, 7) is 2.02. The molecule has 4 aromatic rings. The van der Waals surface area contributed by atoms with Crippen molar-refractivity contribution in [3.63, 3.8) is 0 Å². The van der Waals surface area contributed by atoms with E-state index in [2.05, 4.69) is 16.4 Å². The number of amides is 1. The number of nitrogens with zero attached hydrogens (tertiary/aromatic N) is 2. The lowest BCUT2D eigenvalue weighted by Gasteiger charge is -2.39. The molecule has 1 aromatic heterocycles. The maximum Gasteiger partial charge on any atom is 0.238 e. The number of Topliss-reactive ketones (excluding diaryl/α,β-unsaturated/α-hetero) is 2. The molecule has 3 aliphatic rings. The van der Waals surface area contributed by atoms with Gasteiger partial charge < -0.3 is 10.2 Å². The Morgan fingerprint density at radius 3 is 2.36 bits per heavy atom. The zero-order chi connectivity index (χ0) is 26.7. The molecule has 39 heavy (non-hydrogen) atoms. The number of ketones is 2. The SMILES string of the molecule is CC1=C[C@@H]2N(c3ccccc31)[C@H](C(=O)c1ccccc1)[C@H](C(=O)c1ccccn1)[C@]21C(=O)Nc2ccccc21. The van der Waals surface area contributed by atoms with Gasteiger partial charge in [0, 0.05) is 28.7 Å². The molecular weight excluding hydrogens is 486 g/mol. The van der Waals surface area contributed by atoms with Crippen molar-refractivity contribution in [2.24, 2.45) is 5.92 Å². The predicted octanol–water partition coefficient (Wildman–Crippen LogP) is 5.33. The smallest absolute Gasteiger partial charge is 0.238 e. The van der Waals surface area contributed by atoms with Crippen molar-refractivity contribution in [2.45, 2.75) is 24.4 Å². The van der Waals surface area contributed by atoms with Crippen LogP contribution < -0.4 is 10.2 Å². The number of carbonyl (C=O) groups excluding carboxylic acids is 3. The summed E-state index contributed by atoms with van der Waals surface area (Å²) in [6, 6.07) is 28.1. The summed E-state index contributed by atoms with van der Waals surface area (Å²) in [5.41, 5.74) is 3.60. The Bertz CT molecular complexity index is 1680. The fourth-order valence-electron chi connectivity index (χ4n) is 6.83. The lowest BCUT2D eigenvalue weighted by molar-refractivity contribution is -0.121. The third-order valence-electron chi connectivity index (χ3n) is 8.41. The Morgan fingerprint density at radius 1 is 0.846 bits per heavy atom. The third-order valence-corrected chi connectivity index (χ3v) is 8.41. The first-order valence-corrected chi connectivity index (χ1v) is 13.0. The van der Waals surface area contributed by atoms with Crippen LogP contribution in [0, 0.1) is 5.92 Å². The number of rotatable bonds is 4. The van der Waals surface area contributed by atoms with Crippen molar-refractivity contribution in [3.8, 4) is 0 Å². The molecule has 6 nitrogen and oxygen atoms in total. The Kier molecular flexibility index (Phi) is 5.13. The highest BCUT2D eigenvalue weighted by Gasteiger charge is 2.70. The van der Waals surface area contributed by atoms with Crippen molar-refractivity contribution in [2.75, 3.05) is 10.2 Å². The second kappa shape index (κ2) is 8.60. The van der Waals surface area contributed by atoms with Crippen molar-refractivity contribution >= 4 is 34.4 Å². The molecule has 1 saturated heterocycles. The Hall–Kier alpha value is -4.84. The molecule has 6 heteroatoms. The van der Waals surface area contributed by atoms with Crippen LogP contribution in [0.3, 0.4) is 0 Å². The number of pyridine rings is 1. The number of aromatic nitrogens is 1. The van der Waals surface area contributed by atoms with Gasteiger partial charge in [0.05, 0.1) is 12.0 Å². The van der Waals surface area contributed by atoms with Gasteiger partial charge >= 0.3 is 0 Å². The lowest BCUT2D eigenvalue weighted by Crippen LogP contribution is -2.51. The minimum atomic E-state index is -1.34. The largest absolute Gasteiger partial charge is 0.352 e. The van der Waals surface area contributed by atoms with Crippen molar-refractivity contribution in [1.82, 2.24) is 4.98 Å². The molecule has 0 radical (unpaired) electrons. The first-order chi connectivity index (χ1) is 19.0.